The zero-order valence-electron chi connectivity index (χ0n) is 13.8. The maximum atomic E-state index is 13.2. The van der Waals surface area contributed by atoms with Gasteiger partial charge in [-0.15, -0.1) is 0 Å². The quantitative estimate of drug-likeness (QED) is 0.840. The molecule has 24 heavy (non-hydrogen) atoms. The second-order valence-electron chi connectivity index (χ2n) is 6.18. The molecule has 1 aliphatic heterocycles. The van der Waals surface area contributed by atoms with Crippen LogP contribution in [0.2, 0.25) is 0 Å². The number of methoxy groups -OCH3 is 1. The third kappa shape index (κ3) is 3.60. The first-order chi connectivity index (χ1) is 11.2. The van der Waals surface area contributed by atoms with Crippen LogP contribution in [0.5, 0.6) is 0 Å². The number of carbonyl (C=O) groups is 1. The van der Waals surface area contributed by atoms with Gasteiger partial charge < -0.3 is 9.84 Å². The molecule has 0 amide bonds. The highest BCUT2D eigenvalue weighted by atomic mass is 32.2. The minimum absolute atomic E-state index is 0.0110. The van der Waals surface area contributed by atoms with Crippen molar-refractivity contribution in [2.75, 3.05) is 26.8 Å². The van der Waals surface area contributed by atoms with Gasteiger partial charge in [0.2, 0.25) is 10.0 Å². The number of carboxylic acid groups (broad SMARTS) is 1. The number of ether oxygens (including phenoxy) is 1. The number of hydrogen-bond donors (Lipinski definition) is 1. The van der Waals surface area contributed by atoms with Crippen LogP contribution >= 0.6 is 0 Å². The first-order valence-corrected chi connectivity index (χ1v) is 9.15. The summed E-state index contributed by atoms with van der Waals surface area (Å²) in [7, 11) is -2.40. The first kappa shape index (κ1) is 18.8. The molecule has 8 heteroatoms. The van der Waals surface area contributed by atoms with E-state index in [0.29, 0.717) is 18.4 Å². The monoisotopic (exact) mass is 359 g/mol. The number of benzene rings is 1. The average molecular weight is 359 g/mol. The van der Waals surface area contributed by atoms with Gasteiger partial charge in [-0.3, -0.25) is 4.79 Å². The van der Waals surface area contributed by atoms with Crippen molar-refractivity contribution in [1.82, 2.24) is 4.31 Å². The van der Waals surface area contributed by atoms with Gasteiger partial charge in [-0.2, -0.15) is 4.31 Å². The highest BCUT2D eigenvalue weighted by Crippen LogP contribution is 2.36. The summed E-state index contributed by atoms with van der Waals surface area (Å²) in [5.74, 6) is -1.53. The largest absolute Gasteiger partial charge is 0.481 e. The molecule has 0 unspecified atom stereocenters. The highest BCUT2D eigenvalue weighted by molar-refractivity contribution is 7.89. The fraction of sp³-hybridized carbons (Fsp3) is 0.562. The number of halogens is 1. The van der Waals surface area contributed by atoms with E-state index >= 15 is 0 Å². The Morgan fingerprint density at radius 3 is 2.75 bits per heavy atom. The topological polar surface area (TPSA) is 83.9 Å². The van der Waals surface area contributed by atoms with Crippen LogP contribution in [-0.2, 0) is 19.6 Å². The maximum absolute atomic E-state index is 13.2. The molecule has 0 radical (unpaired) electrons. The molecule has 2 rings (SSSR count). The van der Waals surface area contributed by atoms with Gasteiger partial charge >= 0.3 is 5.97 Å². The molecule has 1 fully saturated rings. The lowest BCUT2D eigenvalue weighted by molar-refractivity contribution is -0.152. The lowest BCUT2D eigenvalue weighted by atomic mass is 9.78. The molecule has 0 aromatic heterocycles. The first-order valence-electron chi connectivity index (χ1n) is 7.71. The van der Waals surface area contributed by atoms with Gasteiger partial charge in [-0.05, 0) is 49.9 Å². The Hall–Kier alpha value is -1.51. The minimum atomic E-state index is -3.88. The Balaban J connectivity index is 2.34. The van der Waals surface area contributed by atoms with Gasteiger partial charge in [0, 0.05) is 26.8 Å². The molecule has 1 atom stereocenters. The van der Waals surface area contributed by atoms with Crippen LogP contribution in [-0.4, -0.2) is 50.6 Å². The van der Waals surface area contributed by atoms with Crippen LogP contribution in [0, 0.1) is 18.2 Å². The van der Waals surface area contributed by atoms with E-state index in [9.17, 15) is 22.7 Å². The summed E-state index contributed by atoms with van der Waals surface area (Å²) in [5.41, 5.74) is -0.853. The fourth-order valence-corrected chi connectivity index (χ4v) is 4.89. The van der Waals surface area contributed by atoms with Crippen molar-refractivity contribution in [1.29, 1.82) is 0 Å². The van der Waals surface area contributed by atoms with E-state index in [1.807, 2.05) is 0 Å². The zero-order valence-corrected chi connectivity index (χ0v) is 14.6. The van der Waals surface area contributed by atoms with Gasteiger partial charge in [0.15, 0.2) is 0 Å². The third-order valence-electron chi connectivity index (χ3n) is 4.54. The summed E-state index contributed by atoms with van der Waals surface area (Å²) >= 11 is 0. The lowest BCUT2D eigenvalue weighted by Gasteiger charge is -2.39. The Bertz CT molecular complexity index is 721. The smallest absolute Gasteiger partial charge is 0.311 e. The predicted octanol–water partition coefficient (Wildman–Crippen LogP) is 2.03. The van der Waals surface area contributed by atoms with Crippen LogP contribution in [0.3, 0.4) is 0 Å². The second-order valence-corrected chi connectivity index (χ2v) is 8.09. The second kappa shape index (κ2) is 7.16. The summed E-state index contributed by atoms with van der Waals surface area (Å²) < 4.78 is 45.2. The van der Waals surface area contributed by atoms with E-state index in [1.54, 1.807) is 0 Å². The molecule has 1 N–H and O–H groups in total. The molecule has 0 bridgehead atoms. The molecule has 6 nitrogen and oxygen atoms in total. The third-order valence-corrected chi connectivity index (χ3v) is 6.54. The Labute approximate surface area is 141 Å². The van der Waals surface area contributed by atoms with Crippen molar-refractivity contribution in [2.24, 2.45) is 5.41 Å². The number of sulfonamides is 1. The predicted molar refractivity (Wildman–Crippen MR) is 85.7 cm³/mol. The van der Waals surface area contributed by atoms with Crippen molar-refractivity contribution in [3.05, 3.63) is 29.6 Å². The fourth-order valence-electron chi connectivity index (χ4n) is 3.12. The van der Waals surface area contributed by atoms with Gasteiger partial charge in [-0.1, -0.05) is 0 Å². The highest BCUT2D eigenvalue weighted by Gasteiger charge is 2.45. The number of carboxylic acids is 1. The van der Waals surface area contributed by atoms with Crippen LogP contribution in [0.15, 0.2) is 23.1 Å². The molecular formula is C16H22FNO5S. The molecule has 1 saturated heterocycles. The van der Waals surface area contributed by atoms with Crippen molar-refractivity contribution < 1.29 is 27.4 Å². The van der Waals surface area contributed by atoms with Crippen molar-refractivity contribution in [2.45, 2.75) is 31.1 Å². The Morgan fingerprint density at radius 2 is 2.17 bits per heavy atom. The van der Waals surface area contributed by atoms with Crippen molar-refractivity contribution in [3.63, 3.8) is 0 Å². The molecule has 1 aromatic carbocycles. The van der Waals surface area contributed by atoms with E-state index in [4.69, 9.17) is 4.74 Å². The average Bonchev–Trinajstić information content (AvgIpc) is 2.52. The summed E-state index contributed by atoms with van der Waals surface area (Å²) in [6.45, 7) is 1.91. The Kier molecular flexibility index (Phi) is 5.62. The van der Waals surface area contributed by atoms with Gasteiger partial charge in [0.05, 0.1) is 10.3 Å². The van der Waals surface area contributed by atoms with Crippen molar-refractivity contribution in [3.8, 4) is 0 Å². The van der Waals surface area contributed by atoms with Crippen LogP contribution in [0.4, 0.5) is 4.39 Å². The minimum Gasteiger partial charge on any atom is -0.481 e. The van der Waals surface area contributed by atoms with E-state index in [0.717, 1.165) is 12.1 Å². The molecule has 0 saturated carbocycles. The molecule has 134 valence electrons. The van der Waals surface area contributed by atoms with Crippen LogP contribution in [0.25, 0.3) is 0 Å². The summed E-state index contributed by atoms with van der Waals surface area (Å²) in [5, 5.41) is 9.63. The summed E-state index contributed by atoms with van der Waals surface area (Å²) in [6, 6.07) is 3.48. The standard InChI is InChI=1S/C16H22FNO5S/c1-12-10-13(17)4-5-14(12)24(21,22)18-8-3-6-16(11-18,15(19)20)7-9-23-2/h4-5,10H,3,6-9,11H2,1-2H3,(H,19,20)/t16-/m0/s1. The van der Waals surface area contributed by atoms with Gasteiger partial charge in [-0.25, -0.2) is 12.8 Å². The molecule has 1 heterocycles. The molecular weight excluding hydrogens is 337 g/mol. The zero-order chi connectivity index (χ0) is 18.0. The number of aryl methyl sites for hydroxylation is 1. The molecule has 0 aliphatic carbocycles. The Morgan fingerprint density at radius 1 is 1.46 bits per heavy atom. The van der Waals surface area contributed by atoms with Crippen LogP contribution in [0.1, 0.15) is 24.8 Å². The van der Waals surface area contributed by atoms with E-state index in [1.165, 1.54) is 24.4 Å². The number of nitrogens with zero attached hydrogens (tertiary/aromatic N) is 1. The maximum Gasteiger partial charge on any atom is 0.311 e. The van der Waals surface area contributed by atoms with E-state index in [2.05, 4.69) is 0 Å². The molecule has 0 spiro atoms. The van der Waals surface area contributed by atoms with Crippen LogP contribution < -0.4 is 0 Å². The SMILES string of the molecule is COCC[C@@]1(C(=O)O)CCCN(S(=O)(=O)c2ccc(F)cc2C)C1. The van der Waals surface area contributed by atoms with Gasteiger partial charge in [0.25, 0.3) is 0 Å². The van der Waals surface area contributed by atoms with Crippen molar-refractivity contribution >= 4 is 16.0 Å². The lowest BCUT2D eigenvalue weighted by Crippen LogP contribution is -2.50. The molecule has 1 aromatic rings. The summed E-state index contributed by atoms with van der Waals surface area (Å²) in [6.07, 6.45) is 1.10. The van der Waals surface area contributed by atoms with E-state index in [-0.39, 0.29) is 31.0 Å². The normalized spacial score (nSPS) is 22.5. The summed E-state index contributed by atoms with van der Waals surface area (Å²) in [4.78, 5) is 11.8. The van der Waals surface area contributed by atoms with E-state index < -0.39 is 27.2 Å². The number of hydrogen-bond acceptors (Lipinski definition) is 4. The number of rotatable bonds is 6. The number of piperidine rings is 1. The molecule has 1 aliphatic rings. The van der Waals surface area contributed by atoms with Gasteiger partial charge in [0.1, 0.15) is 5.82 Å². The number of aliphatic carboxylic acids is 1.